The van der Waals surface area contributed by atoms with Gasteiger partial charge in [-0.15, -0.1) is 11.6 Å². The highest BCUT2D eigenvalue weighted by molar-refractivity contribution is 6.16. The zero-order valence-corrected chi connectivity index (χ0v) is 13.1. The van der Waals surface area contributed by atoms with Crippen LogP contribution in [0.3, 0.4) is 0 Å². The first-order valence-corrected chi connectivity index (χ1v) is 6.99. The number of aliphatic hydroxyl groups is 1. The van der Waals surface area contributed by atoms with Gasteiger partial charge in [-0.05, 0) is 37.1 Å². The van der Waals surface area contributed by atoms with E-state index < -0.39 is 0 Å². The number of nitrogens with zero attached hydrogens (tertiary/aromatic N) is 4. The fourth-order valence-corrected chi connectivity index (χ4v) is 1.68. The molecular weight excluding hydrogens is 300 g/mol. The van der Waals surface area contributed by atoms with E-state index in [9.17, 15) is 0 Å². The highest BCUT2D eigenvalue weighted by Gasteiger charge is 1.99. The second-order valence-corrected chi connectivity index (χ2v) is 4.72. The molecule has 0 atom stereocenters. The number of aromatic nitrogens is 2. The third kappa shape index (κ3) is 4.82. The molecule has 0 saturated carbocycles. The molecule has 1 N–H and O–H groups in total. The summed E-state index contributed by atoms with van der Waals surface area (Å²) in [6.45, 7) is 3.55. The largest absolute Gasteiger partial charge is 0.390 e. The third-order valence-electron chi connectivity index (χ3n) is 2.82. The number of alkyl halides is 1. The molecule has 2 aromatic heterocycles. The van der Waals surface area contributed by atoms with Gasteiger partial charge in [0.2, 0.25) is 0 Å². The summed E-state index contributed by atoms with van der Waals surface area (Å²) < 4.78 is 0. The Morgan fingerprint density at radius 3 is 1.82 bits per heavy atom. The van der Waals surface area contributed by atoms with Crippen molar-refractivity contribution >= 4 is 11.6 Å². The summed E-state index contributed by atoms with van der Waals surface area (Å²) >= 11 is 5.54. The molecule has 0 aliphatic rings. The molecule has 0 saturated heterocycles. The number of aryl methyl sites for hydroxylation is 2. The molecule has 0 aliphatic heterocycles. The molecule has 0 spiro atoms. The SMILES string of the molecule is Cc1ccc(CCl)nc1C#N.Cc1ccc(CO)nc1C#N. The van der Waals surface area contributed by atoms with Gasteiger partial charge in [0.15, 0.2) is 0 Å². The molecule has 0 aromatic carbocycles. The van der Waals surface area contributed by atoms with Gasteiger partial charge in [-0.2, -0.15) is 10.5 Å². The van der Waals surface area contributed by atoms with Crippen molar-refractivity contribution < 1.29 is 5.11 Å². The highest BCUT2D eigenvalue weighted by atomic mass is 35.5. The Hall–Kier alpha value is -2.47. The molecule has 2 aromatic rings. The van der Waals surface area contributed by atoms with Crippen LogP contribution in [0.4, 0.5) is 0 Å². The van der Waals surface area contributed by atoms with Crippen LogP contribution in [0.2, 0.25) is 0 Å². The Morgan fingerprint density at radius 2 is 1.41 bits per heavy atom. The first kappa shape index (κ1) is 17.6. The van der Waals surface area contributed by atoms with E-state index in [0.29, 0.717) is 23.0 Å². The van der Waals surface area contributed by atoms with Crippen molar-refractivity contribution in [3.8, 4) is 12.1 Å². The average Bonchev–Trinajstić information content (AvgIpc) is 2.56. The van der Waals surface area contributed by atoms with Crippen LogP contribution in [0, 0.1) is 36.5 Å². The smallest absolute Gasteiger partial charge is 0.143 e. The maximum Gasteiger partial charge on any atom is 0.143 e. The fourth-order valence-electron chi connectivity index (χ4n) is 1.53. The van der Waals surface area contributed by atoms with Crippen LogP contribution in [0.15, 0.2) is 24.3 Å². The predicted molar refractivity (Wildman–Crippen MR) is 82.9 cm³/mol. The van der Waals surface area contributed by atoms with Gasteiger partial charge in [0.1, 0.15) is 23.5 Å². The van der Waals surface area contributed by atoms with Gasteiger partial charge in [-0.1, -0.05) is 12.1 Å². The van der Waals surface area contributed by atoms with Gasteiger partial charge in [-0.25, -0.2) is 9.97 Å². The second kappa shape index (κ2) is 8.74. The van der Waals surface area contributed by atoms with E-state index in [-0.39, 0.29) is 6.61 Å². The summed E-state index contributed by atoms with van der Waals surface area (Å²) in [5, 5.41) is 25.8. The minimum atomic E-state index is -0.116. The quantitative estimate of drug-likeness (QED) is 0.860. The van der Waals surface area contributed by atoms with E-state index in [4.69, 9.17) is 27.2 Å². The number of aliphatic hydroxyl groups excluding tert-OH is 1. The Balaban J connectivity index is 0.000000220. The second-order valence-electron chi connectivity index (χ2n) is 4.45. The molecule has 112 valence electrons. The summed E-state index contributed by atoms with van der Waals surface area (Å²) in [6, 6.07) is 11.1. The Labute approximate surface area is 134 Å². The number of hydrogen-bond donors (Lipinski definition) is 1. The molecule has 0 aliphatic carbocycles. The van der Waals surface area contributed by atoms with Crippen LogP contribution in [0.5, 0.6) is 0 Å². The van der Waals surface area contributed by atoms with Crippen LogP contribution in [-0.2, 0) is 12.5 Å². The molecule has 0 bridgehead atoms. The van der Waals surface area contributed by atoms with E-state index in [0.717, 1.165) is 16.8 Å². The number of pyridine rings is 2. The molecule has 6 heteroatoms. The lowest BCUT2D eigenvalue weighted by Crippen LogP contribution is -1.94. The predicted octanol–water partition coefficient (Wildman–Crippen LogP) is 2.75. The van der Waals surface area contributed by atoms with Gasteiger partial charge in [0.05, 0.1) is 23.9 Å². The lowest BCUT2D eigenvalue weighted by molar-refractivity contribution is 0.276. The van der Waals surface area contributed by atoms with E-state index >= 15 is 0 Å². The number of rotatable bonds is 2. The first-order chi connectivity index (χ1) is 10.5. The standard InChI is InChI=1S/C8H7ClN2.C8H8N2O/c1-6-2-3-7(4-9)11-8(6)5-10;1-6-2-3-7(5-11)10-8(6)4-9/h2-3H,4H2,1H3;2-3,11H,5H2,1H3. The van der Waals surface area contributed by atoms with Crippen LogP contribution >= 0.6 is 11.6 Å². The maximum absolute atomic E-state index is 8.68. The van der Waals surface area contributed by atoms with Crippen molar-refractivity contribution in [1.82, 2.24) is 9.97 Å². The summed E-state index contributed by atoms with van der Waals surface area (Å²) in [7, 11) is 0. The van der Waals surface area contributed by atoms with Crippen LogP contribution < -0.4 is 0 Å². The van der Waals surface area contributed by atoms with Crippen LogP contribution in [0.25, 0.3) is 0 Å². The Kier molecular flexibility index (Phi) is 6.98. The average molecular weight is 315 g/mol. The minimum absolute atomic E-state index is 0.116. The lowest BCUT2D eigenvalue weighted by atomic mass is 10.2. The monoisotopic (exact) mass is 314 g/mol. The molecule has 22 heavy (non-hydrogen) atoms. The zero-order chi connectivity index (χ0) is 16.5. The van der Waals surface area contributed by atoms with Gasteiger partial charge in [-0.3, -0.25) is 0 Å². The van der Waals surface area contributed by atoms with Crippen molar-refractivity contribution in [2.45, 2.75) is 26.3 Å². The topological polar surface area (TPSA) is 93.6 Å². The molecule has 0 fully saturated rings. The maximum atomic E-state index is 8.68. The molecule has 2 heterocycles. The van der Waals surface area contributed by atoms with Crippen molar-refractivity contribution in [3.05, 3.63) is 58.2 Å². The summed E-state index contributed by atoms with van der Waals surface area (Å²) in [4.78, 5) is 7.91. The lowest BCUT2D eigenvalue weighted by Gasteiger charge is -1.97. The Morgan fingerprint density at radius 1 is 0.955 bits per heavy atom. The minimum Gasteiger partial charge on any atom is -0.390 e. The van der Waals surface area contributed by atoms with E-state index in [1.54, 1.807) is 12.1 Å². The summed E-state index contributed by atoms with van der Waals surface area (Å²) in [5.41, 5.74) is 3.85. The van der Waals surface area contributed by atoms with Crippen LogP contribution in [-0.4, -0.2) is 15.1 Å². The molecule has 5 nitrogen and oxygen atoms in total. The van der Waals surface area contributed by atoms with E-state index in [1.807, 2.05) is 38.1 Å². The third-order valence-corrected chi connectivity index (χ3v) is 3.09. The summed E-state index contributed by atoms with van der Waals surface area (Å²) in [6.07, 6.45) is 0. The van der Waals surface area contributed by atoms with Gasteiger partial charge >= 0.3 is 0 Å². The molecule has 0 unspecified atom stereocenters. The van der Waals surface area contributed by atoms with Gasteiger partial charge in [0, 0.05) is 0 Å². The highest BCUT2D eigenvalue weighted by Crippen LogP contribution is 2.06. The number of hydrogen-bond acceptors (Lipinski definition) is 5. The van der Waals surface area contributed by atoms with E-state index in [1.165, 1.54) is 0 Å². The molecule has 0 amide bonds. The molecule has 0 radical (unpaired) electrons. The zero-order valence-electron chi connectivity index (χ0n) is 12.3. The number of halogens is 1. The first-order valence-electron chi connectivity index (χ1n) is 6.45. The van der Waals surface area contributed by atoms with Crippen LogP contribution in [0.1, 0.15) is 33.9 Å². The normalized spacial score (nSPS) is 9.18. The van der Waals surface area contributed by atoms with Crippen molar-refractivity contribution in [1.29, 1.82) is 10.5 Å². The van der Waals surface area contributed by atoms with Crippen molar-refractivity contribution in [2.24, 2.45) is 0 Å². The number of nitriles is 2. The summed E-state index contributed by atoms with van der Waals surface area (Å²) in [5.74, 6) is 0.356. The van der Waals surface area contributed by atoms with Gasteiger partial charge < -0.3 is 5.11 Å². The van der Waals surface area contributed by atoms with E-state index in [2.05, 4.69) is 9.97 Å². The van der Waals surface area contributed by atoms with Crippen molar-refractivity contribution in [3.63, 3.8) is 0 Å². The van der Waals surface area contributed by atoms with Crippen molar-refractivity contribution in [2.75, 3.05) is 0 Å². The molecular formula is C16H15ClN4O. The Bertz CT molecular complexity index is 668. The van der Waals surface area contributed by atoms with Gasteiger partial charge in [0.25, 0.3) is 0 Å². The molecule has 2 rings (SSSR count). The fraction of sp³-hybridized carbons (Fsp3) is 0.250.